The smallest absolute Gasteiger partial charge is 0.408 e. The minimum atomic E-state index is -0.753. The number of nitrogens with one attached hydrogen (secondary N) is 2. The van der Waals surface area contributed by atoms with Gasteiger partial charge in [0.25, 0.3) is 0 Å². The van der Waals surface area contributed by atoms with Crippen LogP contribution in [0.4, 0.5) is 4.79 Å². The van der Waals surface area contributed by atoms with Crippen molar-refractivity contribution in [1.29, 1.82) is 0 Å². The first-order chi connectivity index (χ1) is 15.3. The summed E-state index contributed by atoms with van der Waals surface area (Å²) in [6, 6.07) is 14.0. The normalized spacial score (nSPS) is 12.8. The first kappa shape index (κ1) is 25.0. The largest absolute Gasteiger partial charge is 0.493 e. The molecule has 2 aromatic rings. The van der Waals surface area contributed by atoms with Crippen LogP contribution in [0.1, 0.15) is 51.8 Å². The van der Waals surface area contributed by atoms with Gasteiger partial charge in [-0.05, 0) is 49.9 Å². The summed E-state index contributed by atoms with van der Waals surface area (Å²) >= 11 is 0. The Bertz CT molecular complexity index is 883. The predicted molar refractivity (Wildman–Crippen MR) is 124 cm³/mol. The molecule has 32 heavy (non-hydrogen) atoms. The zero-order valence-electron chi connectivity index (χ0n) is 19.7. The molecule has 0 saturated carbocycles. The lowest BCUT2D eigenvalue weighted by Gasteiger charge is -2.26. The monoisotopic (exact) mass is 442 g/mol. The van der Waals surface area contributed by atoms with Gasteiger partial charge in [-0.2, -0.15) is 0 Å². The fourth-order valence-electron chi connectivity index (χ4n) is 3.29. The second-order valence-corrected chi connectivity index (χ2v) is 8.02. The minimum absolute atomic E-state index is 0.138. The van der Waals surface area contributed by atoms with Gasteiger partial charge in [0.05, 0.1) is 25.9 Å². The Balaban J connectivity index is 2.36. The number of methoxy groups -OCH3 is 1. The van der Waals surface area contributed by atoms with Crippen LogP contribution in [0.5, 0.6) is 11.5 Å². The molecule has 0 aliphatic rings. The molecule has 1 unspecified atom stereocenters. The van der Waals surface area contributed by atoms with E-state index in [1.165, 1.54) is 0 Å². The number of rotatable bonds is 10. The summed E-state index contributed by atoms with van der Waals surface area (Å²) < 4.78 is 16.3. The van der Waals surface area contributed by atoms with Crippen LogP contribution in [-0.2, 0) is 9.53 Å². The molecule has 0 fully saturated rings. The van der Waals surface area contributed by atoms with Crippen molar-refractivity contribution in [2.75, 3.05) is 13.7 Å². The van der Waals surface area contributed by atoms with E-state index >= 15 is 0 Å². The summed E-state index contributed by atoms with van der Waals surface area (Å²) in [6.45, 7) is 9.65. The molecule has 0 radical (unpaired) electrons. The van der Waals surface area contributed by atoms with Gasteiger partial charge in [-0.3, -0.25) is 4.79 Å². The van der Waals surface area contributed by atoms with E-state index in [-0.39, 0.29) is 17.9 Å². The molecule has 0 bridgehead atoms. The molecule has 0 aromatic heterocycles. The molecule has 0 aliphatic heterocycles. The van der Waals surface area contributed by atoms with E-state index in [1.807, 2.05) is 69.3 Å². The first-order valence-electron chi connectivity index (χ1n) is 10.9. The number of amides is 2. The Hall–Kier alpha value is -3.22. The molecule has 2 atom stereocenters. The van der Waals surface area contributed by atoms with Gasteiger partial charge in [-0.15, -0.1) is 0 Å². The third-order valence-corrected chi connectivity index (χ3v) is 4.81. The number of alkyl carbamates (subject to hydrolysis) is 1. The van der Waals surface area contributed by atoms with Crippen molar-refractivity contribution in [3.8, 4) is 11.5 Å². The molecule has 0 spiro atoms. The van der Waals surface area contributed by atoms with Crippen molar-refractivity contribution in [3.05, 3.63) is 59.7 Å². The van der Waals surface area contributed by atoms with Crippen molar-refractivity contribution < 1.29 is 23.8 Å². The third-order valence-electron chi connectivity index (χ3n) is 4.81. The van der Waals surface area contributed by atoms with Crippen molar-refractivity contribution in [1.82, 2.24) is 10.6 Å². The first-order valence-corrected chi connectivity index (χ1v) is 10.9. The molecule has 2 aromatic carbocycles. The maximum absolute atomic E-state index is 13.3. The molecule has 0 aliphatic carbocycles. The quantitative estimate of drug-likeness (QED) is 0.567. The highest BCUT2D eigenvalue weighted by Crippen LogP contribution is 2.32. The number of benzene rings is 2. The lowest BCUT2D eigenvalue weighted by molar-refractivity contribution is -0.124. The fraction of sp³-hybridized carbons (Fsp3) is 0.440. The van der Waals surface area contributed by atoms with Gasteiger partial charge in [0.1, 0.15) is 6.04 Å². The summed E-state index contributed by atoms with van der Waals surface area (Å²) in [5.41, 5.74) is 1.74. The number of carbonyl (C=O) groups is 2. The highest BCUT2D eigenvalue weighted by molar-refractivity contribution is 5.86. The minimum Gasteiger partial charge on any atom is -0.493 e. The Labute approximate surface area is 190 Å². The fourth-order valence-corrected chi connectivity index (χ4v) is 3.29. The molecule has 0 heterocycles. The lowest BCUT2D eigenvalue weighted by atomic mass is 9.96. The van der Waals surface area contributed by atoms with Crippen molar-refractivity contribution in [3.63, 3.8) is 0 Å². The summed E-state index contributed by atoms with van der Waals surface area (Å²) in [4.78, 5) is 25.4. The second kappa shape index (κ2) is 12.0. The lowest BCUT2D eigenvalue weighted by Crippen LogP contribution is -2.51. The van der Waals surface area contributed by atoms with Crippen molar-refractivity contribution in [2.45, 2.75) is 52.8 Å². The number of hydrogen-bond acceptors (Lipinski definition) is 5. The van der Waals surface area contributed by atoms with Crippen LogP contribution in [0.25, 0.3) is 0 Å². The van der Waals surface area contributed by atoms with Crippen LogP contribution in [0.2, 0.25) is 0 Å². The van der Waals surface area contributed by atoms with E-state index in [4.69, 9.17) is 14.2 Å². The summed E-state index contributed by atoms with van der Waals surface area (Å²) in [5.74, 6) is 0.776. The van der Waals surface area contributed by atoms with Gasteiger partial charge in [-0.25, -0.2) is 4.79 Å². The number of hydrogen-bond donors (Lipinski definition) is 2. The van der Waals surface area contributed by atoms with Crippen molar-refractivity contribution >= 4 is 12.0 Å². The molecule has 174 valence electrons. The number of ether oxygens (including phenoxy) is 3. The van der Waals surface area contributed by atoms with Crippen LogP contribution in [0, 0.1) is 5.92 Å². The van der Waals surface area contributed by atoms with E-state index in [9.17, 15) is 9.59 Å². The average Bonchev–Trinajstić information content (AvgIpc) is 2.75. The van der Waals surface area contributed by atoms with E-state index in [0.717, 1.165) is 11.1 Å². The third kappa shape index (κ3) is 6.90. The molecule has 7 nitrogen and oxygen atoms in total. The van der Waals surface area contributed by atoms with Crippen LogP contribution < -0.4 is 20.1 Å². The van der Waals surface area contributed by atoms with Crippen LogP contribution in [0.15, 0.2) is 48.5 Å². The van der Waals surface area contributed by atoms with Crippen LogP contribution in [0.3, 0.4) is 0 Å². The van der Waals surface area contributed by atoms with Gasteiger partial charge >= 0.3 is 6.09 Å². The van der Waals surface area contributed by atoms with Gasteiger partial charge in [-0.1, -0.05) is 50.2 Å². The van der Waals surface area contributed by atoms with Gasteiger partial charge in [0.2, 0.25) is 5.91 Å². The maximum Gasteiger partial charge on any atom is 0.408 e. The van der Waals surface area contributed by atoms with E-state index in [2.05, 4.69) is 10.6 Å². The Morgan fingerprint density at radius 1 is 0.906 bits per heavy atom. The van der Waals surface area contributed by atoms with E-state index in [1.54, 1.807) is 21.0 Å². The highest BCUT2D eigenvalue weighted by Gasteiger charge is 2.28. The summed E-state index contributed by atoms with van der Waals surface area (Å²) in [5, 5.41) is 5.78. The second-order valence-electron chi connectivity index (χ2n) is 8.02. The topological polar surface area (TPSA) is 85.9 Å². The van der Waals surface area contributed by atoms with E-state index < -0.39 is 18.2 Å². The Morgan fingerprint density at radius 2 is 1.59 bits per heavy atom. The zero-order chi connectivity index (χ0) is 23.7. The molecular weight excluding hydrogens is 408 g/mol. The van der Waals surface area contributed by atoms with Gasteiger partial charge in [0, 0.05) is 0 Å². The van der Waals surface area contributed by atoms with Gasteiger partial charge in [0.15, 0.2) is 11.5 Å². The van der Waals surface area contributed by atoms with Gasteiger partial charge < -0.3 is 24.8 Å². The standard InChI is InChI=1S/C25H34N2O5/c1-7-31-21-15-19(13-14-20(21)30-6)23(18-11-9-8-10-12-18)26-24(28)22(16(2)3)27-25(29)32-17(4)5/h8-17,22-23H,7H2,1-6H3,(H,26,28)(H,27,29)/t22-,23?/m0/s1. The Kier molecular flexibility index (Phi) is 9.38. The zero-order valence-corrected chi connectivity index (χ0v) is 19.7. The molecule has 2 rings (SSSR count). The van der Waals surface area contributed by atoms with Crippen LogP contribution >= 0.6 is 0 Å². The molecule has 2 N–H and O–H groups in total. The summed E-state index contributed by atoms with van der Waals surface area (Å²) in [7, 11) is 1.59. The predicted octanol–water partition coefficient (Wildman–Crippen LogP) is 4.46. The molecular formula is C25H34N2O5. The summed E-state index contributed by atoms with van der Waals surface area (Å²) in [6.07, 6.45) is -0.896. The van der Waals surface area contributed by atoms with E-state index in [0.29, 0.717) is 18.1 Å². The van der Waals surface area contributed by atoms with Crippen LogP contribution in [-0.4, -0.2) is 37.9 Å². The number of carbonyl (C=O) groups excluding carboxylic acids is 2. The Morgan fingerprint density at radius 3 is 2.16 bits per heavy atom. The maximum atomic E-state index is 13.3. The highest BCUT2D eigenvalue weighted by atomic mass is 16.6. The van der Waals surface area contributed by atoms with Crippen molar-refractivity contribution in [2.24, 2.45) is 5.92 Å². The average molecular weight is 443 g/mol. The molecule has 0 saturated heterocycles. The SMILES string of the molecule is CCOc1cc(C(NC(=O)[C@@H](NC(=O)OC(C)C)C(C)C)c2ccccc2)ccc1OC. The molecule has 2 amide bonds. The molecule has 7 heteroatoms.